The Hall–Kier alpha value is -1.10. The van der Waals surface area contributed by atoms with E-state index in [0.29, 0.717) is 13.2 Å². The van der Waals surface area contributed by atoms with Crippen molar-refractivity contribution in [3.8, 4) is 0 Å². The Labute approximate surface area is 95.9 Å². The van der Waals surface area contributed by atoms with Crippen molar-refractivity contribution in [2.75, 3.05) is 32.5 Å². The van der Waals surface area contributed by atoms with E-state index in [9.17, 15) is 0 Å². The summed E-state index contributed by atoms with van der Waals surface area (Å²) in [7, 11) is 2.06. The minimum Gasteiger partial charge on any atom is -0.399 e. The van der Waals surface area contributed by atoms with E-state index in [1.54, 1.807) is 0 Å². The van der Waals surface area contributed by atoms with E-state index >= 15 is 0 Å². The molecule has 0 atom stereocenters. The van der Waals surface area contributed by atoms with Crippen LogP contribution in [-0.2, 0) is 16.0 Å². The van der Waals surface area contributed by atoms with E-state index in [2.05, 4.69) is 11.9 Å². The maximum absolute atomic E-state index is 5.64. The lowest BCUT2D eigenvalue weighted by atomic mass is 10.2. The van der Waals surface area contributed by atoms with Crippen LogP contribution in [0.2, 0.25) is 0 Å². The van der Waals surface area contributed by atoms with Crippen molar-refractivity contribution >= 4 is 5.69 Å². The van der Waals surface area contributed by atoms with Gasteiger partial charge in [0.15, 0.2) is 6.29 Å². The Morgan fingerprint density at radius 1 is 1.25 bits per heavy atom. The van der Waals surface area contributed by atoms with Crippen molar-refractivity contribution in [2.45, 2.75) is 12.8 Å². The molecule has 88 valence electrons. The molecule has 1 heterocycles. The first-order valence-corrected chi connectivity index (χ1v) is 5.50. The van der Waals surface area contributed by atoms with Crippen molar-refractivity contribution in [1.82, 2.24) is 4.90 Å². The summed E-state index contributed by atoms with van der Waals surface area (Å²) in [5, 5.41) is 0. The van der Waals surface area contributed by atoms with E-state index in [4.69, 9.17) is 15.2 Å². The number of benzene rings is 1. The summed E-state index contributed by atoms with van der Waals surface area (Å²) in [5.41, 5.74) is 7.68. The number of nitrogen functional groups attached to an aromatic ring is 1. The number of hydrogen-bond acceptors (Lipinski definition) is 4. The third kappa shape index (κ3) is 3.20. The quantitative estimate of drug-likeness (QED) is 0.774. The molecule has 2 rings (SSSR count). The van der Waals surface area contributed by atoms with Gasteiger partial charge in [-0.15, -0.1) is 0 Å². The summed E-state index contributed by atoms with van der Waals surface area (Å²) in [4.78, 5) is 2.18. The van der Waals surface area contributed by atoms with Gasteiger partial charge in [0.2, 0.25) is 0 Å². The van der Waals surface area contributed by atoms with Crippen molar-refractivity contribution in [1.29, 1.82) is 0 Å². The number of anilines is 1. The Bertz CT molecular complexity index is 320. The third-order valence-electron chi connectivity index (χ3n) is 2.58. The monoisotopic (exact) mass is 222 g/mol. The first-order chi connectivity index (χ1) is 7.74. The average molecular weight is 222 g/mol. The summed E-state index contributed by atoms with van der Waals surface area (Å²) in [6.45, 7) is 3.09. The van der Waals surface area contributed by atoms with E-state index in [1.807, 2.05) is 24.3 Å². The van der Waals surface area contributed by atoms with Gasteiger partial charge >= 0.3 is 0 Å². The highest BCUT2D eigenvalue weighted by Gasteiger charge is 2.17. The number of likely N-dealkylation sites (N-methyl/N-ethyl adjacent to an activating group) is 1. The molecule has 0 aliphatic carbocycles. The lowest BCUT2D eigenvalue weighted by Gasteiger charge is -2.19. The van der Waals surface area contributed by atoms with Gasteiger partial charge in [0.1, 0.15) is 0 Å². The molecule has 0 aromatic heterocycles. The van der Waals surface area contributed by atoms with Gasteiger partial charge in [0.25, 0.3) is 0 Å². The van der Waals surface area contributed by atoms with Crippen molar-refractivity contribution in [3.63, 3.8) is 0 Å². The molecule has 1 saturated heterocycles. The molecule has 16 heavy (non-hydrogen) atoms. The van der Waals surface area contributed by atoms with Crippen LogP contribution >= 0.6 is 0 Å². The second-order valence-electron chi connectivity index (χ2n) is 4.11. The number of rotatable bonds is 4. The van der Waals surface area contributed by atoms with Gasteiger partial charge in [-0.3, -0.25) is 4.90 Å². The summed E-state index contributed by atoms with van der Waals surface area (Å²) in [5.74, 6) is 0. The first-order valence-electron chi connectivity index (χ1n) is 5.50. The fraction of sp³-hybridized carbons (Fsp3) is 0.500. The van der Waals surface area contributed by atoms with E-state index in [1.165, 1.54) is 5.56 Å². The fourth-order valence-corrected chi connectivity index (χ4v) is 1.77. The van der Waals surface area contributed by atoms with Crippen LogP contribution in [0.4, 0.5) is 5.69 Å². The summed E-state index contributed by atoms with van der Waals surface area (Å²) >= 11 is 0. The van der Waals surface area contributed by atoms with Crippen LogP contribution in [0.1, 0.15) is 5.56 Å². The highest BCUT2D eigenvalue weighted by molar-refractivity contribution is 5.39. The van der Waals surface area contributed by atoms with Gasteiger partial charge < -0.3 is 15.2 Å². The Kier molecular flexibility index (Phi) is 3.77. The maximum atomic E-state index is 5.64. The number of nitrogens with two attached hydrogens (primary N) is 1. The zero-order valence-electron chi connectivity index (χ0n) is 9.56. The van der Waals surface area contributed by atoms with Gasteiger partial charge in [-0.05, 0) is 24.7 Å². The van der Waals surface area contributed by atoms with E-state index in [0.717, 1.165) is 18.8 Å². The van der Waals surface area contributed by atoms with Crippen LogP contribution in [0, 0.1) is 0 Å². The van der Waals surface area contributed by atoms with Crippen LogP contribution in [0.25, 0.3) is 0 Å². The van der Waals surface area contributed by atoms with Gasteiger partial charge in [-0.1, -0.05) is 12.1 Å². The fourth-order valence-electron chi connectivity index (χ4n) is 1.77. The number of ether oxygens (including phenoxy) is 2. The van der Waals surface area contributed by atoms with Crippen LogP contribution in [-0.4, -0.2) is 38.0 Å². The molecule has 0 radical (unpaired) electrons. The van der Waals surface area contributed by atoms with Gasteiger partial charge in [0, 0.05) is 18.8 Å². The molecule has 1 aliphatic heterocycles. The molecular weight excluding hydrogens is 204 g/mol. The smallest absolute Gasteiger partial charge is 0.170 e. The van der Waals surface area contributed by atoms with Crippen LogP contribution in [0.5, 0.6) is 0 Å². The van der Waals surface area contributed by atoms with Crippen LogP contribution < -0.4 is 5.73 Å². The molecule has 0 saturated carbocycles. The Balaban J connectivity index is 1.81. The van der Waals surface area contributed by atoms with E-state index in [-0.39, 0.29) is 6.29 Å². The molecule has 4 nitrogen and oxygen atoms in total. The highest BCUT2D eigenvalue weighted by Crippen LogP contribution is 2.10. The molecule has 0 spiro atoms. The largest absolute Gasteiger partial charge is 0.399 e. The standard InChI is InChI=1S/C12H18N2O2/c1-14(9-12-15-6-7-16-12)8-10-2-4-11(13)5-3-10/h2-5,12H,6-9,13H2,1H3. The SMILES string of the molecule is CN(Cc1ccc(N)cc1)CC1OCCO1. The summed E-state index contributed by atoms with van der Waals surface area (Å²) < 4.78 is 10.8. The topological polar surface area (TPSA) is 47.7 Å². The molecule has 1 fully saturated rings. The number of hydrogen-bond donors (Lipinski definition) is 1. The summed E-state index contributed by atoms with van der Waals surface area (Å²) in [6.07, 6.45) is -0.0706. The van der Waals surface area contributed by atoms with Gasteiger partial charge in [0.05, 0.1) is 13.2 Å². The zero-order chi connectivity index (χ0) is 11.4. The van der Waals surface area contributed by atoms with Crippen molar-refractivity contribution in [2.24, 2.45) is 0 Å². The normalized spacial score (nSPS) is 17.1. The third-order valence-corrected chi connectivity index (χ3v) is 2.58. The molecule has 0 unspecified atom stereocenters. The zero-order valence-corrected chi connectivity index (χ0v) is 9.56. The van der Waals surface area contributed by atoms with Crippen molar-refractivity contribution in [3.05, 3.63) is 29.8 Å². The lowest BCUT2D eigenvalue weighted by molar-refractivity contribution is -0.0592. The highest BCUT2D eigenvalue weighted by atomic mass is 16.7. The molecule has 1 aliphatic rings. The summed E-state index contributed by atoms with van der Waals surface area (Å²) in [6, 6.07) is 7.93. The average Bonchev–Trinajstić information content (AvgIpc) is 2.74. The molecule has 2 N–H and O–H groups in total. The second-order valence-corrected chi connectivity index (χ2v) is 4.11. The van der Waals surface area contributed by atoms with E-state index < -0.39 is 0 Å². The second kappa shape index (κ2) is 5.30. The predicted molar refractivity (Wildman–Crippen MR) is 62.9 cm³/mol. The molecule has 1 aromatic carbocycles. The van der Waals surface area contributed by atoms with Crippen LogP contribution in [0.15, 0.2) is 24.3 Å². The first kappa shape index (κ1) is 11.4. The van der Waals surface area contributed by atoms with Crippen molar-refractivity contribution < 1.29 is 9.47 Å². The minimum absolute atomic E-state index is 0.0706. The Morgan fingerprint density at radius 2 is 1.88 bits per heavy atom. The molecular formula is C12H18N2O2. The Morgan fingerprint density at radius 3 is 2.50 bits per heavy atom. The predicted octanol–water partition coefficient (Wildman–Crippen LogP) is 1.07. The lowest BCUT2D eigenvalue weighted by Crippen LogP contribution is -2.29. The maximum Gasteiger partial charge on any atom is 0.170 e. The molecule has 4 heteroatoms. The van der Waals surface area contributed by atoms with Gasteiger partial charge in [-0.2, -0.15) is 0 Å². The molecule has 0 amide bonds. The molecule has 0 bridgehead atoms. The van der Waals surface area contributed by atoms with Crippen LogP contribution in [0.3, 0.4) is 0 Å². The minimum atomic E-state index is -0.0706. The molecule has 1 aromatic rings. The number of nitrogens with zero attached hydrogens (tertiary/aromatic N) is 1. The van der Waals surface area contributed by atoms with Gasteiger partial charge in [-0.25, -0.2) is 0 Å².